The first-order chi connectivity index (χ1) is 11.5. The predicted octanol–water partition coefficient (Wildman–Crippen LogP) is 1.77. The third kappa shape index (κ3) is 4.31. The Bertz CT molecular complexity index is 690. The number of carbonyl (C=O) groups is 2. The molecule has 1 atom stereocenters. The fourth-order valence-corrected chi connectivity index (χ4v) is 4.03. The molecule has 1 heterocycles. The predicted molar refractivity (Wildman–Crippen MR) is 99.8 cm³/mol. The topological polar surface area (TPSA) is 69.7 Å². The Balaban J connectivity index is 2.26. The molecule has 5 nitrogen and oxygen atoms in total. The van der Waals surface area contributed by atoms with E-state index in [-0.39, 0.29) is 4.32 Å². The molecule has 1 aromatic rings. The van der Waals surface area contributed by atoms with Crippen LogP contribution in [0.25, 0.3) is 6.08 Å². The Morgan fingerprint density at radius 3 is 2.92 bits per heavy atom. The molecule has 8 heteroatoms. The number of benzene rings is 1. The normalized spacial score (nSPS) is 17.4. The minimum atomic E-state index is -1.29. The summed E-state index contributed by atoms with van der Waals surface area (Å²) in [5.41, 5.74) is 0.781. The van der Waals surface area contributed by atoms with E-state index >= 15 is 0 Å². The number of ether oxygens (including phenoxy) is 1. The maximum Gasteiger partial charge on any atom is 0.266 e. The lowest BCUT2D eigenvalue weighted by molar-refractivity contribution is -0.310. The molecule has 1 aliphatic rings. The van der Waals surface area contributed by atoms with Gasteiger partial charge in [-0.3, -0.25) is 9.69 Å². The molecule has 0 radical (unpaired) electrons. The van der Waals surface area contributed by atoms with Gasteiger partial charge in [0.05, 0.1) is 24.0 Å². The molecule has 1 saturated heterocycles. The minimum absolute atomic E-state index is 0.240. The Hall–Kier alpha value is -1.51. The van der Waals surface area contributed by atoms with Crippen LogP contribution < -0.4 is 9.84 Å². The van der Waals surface area contributed by atoms with Crippen molar-refractivity contribution >= 4 is 58.0 Å². The van der Waals surface area contributed by atoms with E-state index in [1.54, 1.807) is 25.3 Å². The summed E-state index contributed by atoms with van der Waals surface area (Å²) < 4.78 is 5.40. The highest BCUT2D eigenvalue weighted by atomic mass is 32.2. The number of amides is 1. The molecule has 1 aromatic carbocycles. The van der Waals surface area contributed by atoms with Gasteiger partial charge in [-0.25, -0.2) is 0 Å². The number of thiocarbonyl (C=S) groups is 1. The number of carboxylic acid groups (broad SMARTS) is 1. The first-order valence-electron chi connectivity index (χ1n) is 7.09. The summed E-state index contributed by atoms with van der Waals surface area (Å²) >= 11 is 7.82. The SMILES string of the molecule is COc1cccc(/C=C2\SC(=S)N([C@@H](CCSC)C(=O)[O-])C2=O)c1. The van der Waals surface area contributed by atoms with E-state index in [9.17, 15) is 14.7 Å². The van der Waals surface area contributed by atoms with Crippen LogP contribution in [0.1, 0.15) is 12.0 Å². The zero-order valence-corrected chi connectivity index (χ0v) is 15.6. The van der Waals surface area contributed by atoms with E-state index in [0.29, 0.717) is 22.8 Å². The zero-order valence-electron chi connectivity index (χ0n) is 13.2. The maximum atomic E-state index is 12.6. The number of nitrogens with zero attached hydrogens (tertiary/aromatic N) is 1. The number of hydrogen-bond acceptors (Lipinski definition) is 7. The van der Waals surface area contributed by atoms with Crippen molar-refractivity contribution in [3.63, 3.8) is 0 Å². The number of carbonyl (C=O) groups excluding carboxylic acids is 2. The highest BCUT2D eigenvalue weighted by molar-refractivity contribution is 8.26. The van der Waals surface area contributed by atoms with E-state index < -0.39 is 17.9 Å². The van der Waals surface area contributed by atoms with E-state index in [1.165, 1.54) is 11.8 Å². The van der Waals surface area contributed by atoms with Gasteiger partial charge in [-0.2, -0.15) is 11.8 Å². The lowest BCUT2D eigenvalue weighted by Crippen LogP contribution is -2.50. The van der Waals surface area contributed by atoms with E-state index in [0.717, 1.165) is 22.2 Å². The van der Waals surface area contributed by atoms with Gasteiger partial charge in [0.1, 0.15) is 10.1 Å². The number of hydrogen-bond donors (Lipinski definition) is 0. The van der Waals surface area contributed by atoms with Crippen molar-refractivity contribution in [1.82, 2.24) is 4.90 Å². The highest BCUT2D eigenvalue weighted by Crippen LogP contribution is 2.35. The van der Waals surface area contributed by atoms with Gasteiger partial charge >= 0.3 is 0 Å². The molecule has 128 valence electrons. The molecule has 0 bridgehead atoms. The van der Waals surface area contributed by atoms with Crippen LogP contribution in [0, 0.1) is 0 Å². The van der Waals surface area contributed by atoms with Crippen LogP contribution in [0.4, 0.5) is 0 Å². The number of methoxy groups -OCH3 is 1. The van der Waals surface area contributed by atoms with Gasteiger partial charge in [0.15, 0.2) is 0 Å². The number of rotatable bonds is 7. The average molecular weight is 383 g/mol. The molecule has 2 rings (SSSR count). The molecule has 0 spiro atoms. The van der Waals surface area contributed by atoms with Gasteiger partial charge in [-0.05, 0) is 42.2 Å². The van der Waals surface area contributed by atoms with Gasteiger partial charge in [-0.15, -0.1) is 0 Å². The summed E-state index contributed by atoms with van der Waals surface area (Å²) in [6.07, 6.45) is 3.85. The molecule has 1 amide bonds. The molecule has 0 aromatic heterocycles. The molecular formula is C16H16NO4S3-. The standard InChI is InChI=1S/C16H17NO4S3/c1-21-11-5-3-4-10(8-11)9-13-14(18)17(16(22)24-13)12(15(19)20)6-7-23-2/h3-5,8-9,12H,6-7H2,1-2H3,(H,19,20)/p-1/b13-9-/t12-/m0/s1. The van der Waals surface area contributed by atoms with Crippen molar-refractivity contribution in [2.75, 3.05) is 19.1 Å². The number of thioether (sulfide) groups is 2. The first kappa shape index (κ1) is 18.8. The van der Waals surface area contributed by atoms with Crippen LogP contribution in [-0.2, 0) is 9.59 Å². The van der Waals surface area contributed by atoms with Gasteiger partial charge in [0.2, 0.25) is 0 Å². The van der Waals surface area contributed by atoms with Crippen molar-refractivity contribution in [3.05, 3.63) is 34.7 Å². The summed E-state index contributed by atoms with van der Waals surface area (Å²) in [6, 6.07) is 6.20. The van der Waals surface area contributed by atoms with Crippen molar-refractivity contribution < 1.29 is 19.4 Å². The van der Waals surface area contributed by atoms with Crippen LogP contribution in [0.3, 0.4) is 0 Å². The van der Waals surface area contributed by atoms with Crippen molar-refractivity contribution in [3.8, 4) is 5.75 Å². The average Bonchev–Trinajstić information content (AvgIpc) is 2.82. The summed E-state index contributed by atoms with van der Waals surface area (Å²) in [5.74, 6) is -0.414. The number of aliphatic carboxylic acids is 1. The first-order valence-corrected chi connectivity index (χ1v) is 9.70. The second-order valence-corrected chi connectivity index (χ2v) is 7.61. The number of carboxylic acids is 1. The third-order valence-corrected chi connectivity index (χ3v) is 5.37. The van der Waals surface area contributed by atoms with Gasteiger partial charge in [0, 0.05) is 0 Å². The second kappa shape index (κ2) is 8.55. The lowest BCUT2D eigenvalue weighted by Gasteiger charge is -2.27. The van der Waals surface area contributed by atoms with Crippen molar-refractivity contribution in [2.45, 2.75) is 12.5 Å². The van der Waals surface area contributed by atoms with Crippen LogP contribution in [0.2, 0.25) is 0 Å². The van der Waals surface area contributed by atoms with E-state index in [4.69, 9.17) is 17.0 Å². The van der Waals surface area contributed by atoms with E-state index in [2.05, 4.69) is 0 Å². The van der Waals surface area contributed by atoms with E-state index in [1.807, 2.05) is 18.4 Å². The largest absolute Gasteiger partial charge is 0.548 e. The monoisotopic (exact) mass is 382 g/mol. The Labute approximate surface area is 154 Å². The Morgan fingerprint density at radius 1 is 1.54 bits per heavy atom. The Kier molecular flexibility index (Phi) is 6.70. The zero-order chi connectivity index (χ0) is 17.7. The fraction of sp³-hybridized carbons (Fsp3) is 0.312. The van der Waals surface area contributed by atoms with Crippen LogP contribution in [0.15, 0.2) is 29.2 Å². The quantitative estimate of drug-likeness (QED) is 0.526. The third-order valence-electron chi connectivity index (χ3n) is 3.39. The van der Waals surface area contributed by atoms with Gasteiger partial charge < -0.3 is 14.6 Å². The summed E-state index contributed by atoms with van der Waals surface area (Å²) in [6.45, 7) is 0. The molecule has 1 aliphatic heterocycles. The smallest absolute Gasteiger partial charge is 0.266 e. The molecule has 1 fully saturated rings. The summed E-state index contributed by atoms with van der Waals surface area (Å²) in [5, 5.41) is 11.4. The second-order valence-electron chi connectivity index (χ2n) is 4.94. The van der Waals surface area contributed by atoms with Crippen LogP contribution in [0.5, 0.6) is 5.75 Å². The molecule has 0 unspecified atom stereocenters. The van der Waals surface area contributed by atoms with Gasteiger partial charge in [0.25, 0.3) is 5.91 Å². The lowest BCUT2D eigenvalue weighted by atomic mass is 10.1. The minimum Gasteiger partial charge on any atom is -0.548 e. The Morgan fingerprint density at radius 2 is 2.29 bits per heavy atom. The van der Waals surface area contributed by atoms with Crippen LogP contribution >= 0.6 is 35.7 Å². The molecular weight excluding hydrogens is 366 g/mol. The van der Waals surface area contributed by atoms with Gasteiger partial charge in [-0.1, -0.05) is 36.1 Å². The summed E-state index contributed by atoms with van der Waals surface area (Å²) in [7, 11) is 1.56. The molecule has 0 N–H and O–H groups in total. The summed E-state index contributed by atoms with van der Waals surface area (Å²) in [4.78, 5) is 25.6. The maximum absolute atomic E-state index is 12.6. The van der Waals surface area contributed by atoms with Crippen molar-refractivity contribution in [1.29, 1.82) is 0 Å². The fourth-order valence-electron chi connectivity index (χ4n) is 2.21. The van der Waals surface area contributed by atoms with Crippen molar-refractivity contribution in [2.24, 2.45) is 0 Å². The molecule has 24 heavy (non-hydrogen) atoms. The molecule has 0 saturated carbocycles. The molecule has 0 aliphatic carbocycles. The highest BCUT2D eigenvalue weighted by Gasteiger charge is 2.37. The van der Waals surface area contributed by atoms with Crippen LogP contribution in [-0.4, -0.2) is 46.3 Å².